The molecule has 6 nitrogen and oxygen atoms in total. The zero-order valence-corrected chi connectivity index (χ0v) is 12.4. The highest BCUT2D eigenvalue weighted by Gasteiger charge is 2.35. The van der Waals surface area contributed by atoms with E-state index < -0.39 is 11.9 Å². The molecule has 0 aliphatic carbocycles. The molecule has 1 amide bonds. The number of aromatic nitrogens is 4. The lowest BCUT2D eigenvalue weighted by Crippen LogP contribution is -2.39. The molecule has 1 aliphatic rings. The van der Waals surface area contributed by atoms with Gasteiger partial charge in [0.05, 0.1) is 6.20 Å². The predicted octanol–water partition coefficient (Wildman–Crippen LogP) is 2.48. The second kappa shape index (κ2) is 5.71. The summed E-state index contributed by atoms with van der Waals surface area (Å²) in [4.78, 5) is 20.2. The average Bonchev–Trinajstić information content (AvgIpc) is 3.15. The number of hydrogen-bond acceptors (Lipinski definition) is 3. The highest BCUT2D eigenvalue weighted by atomic mass is 19.4. The van der Waals surface area contributed by atoms with Crippen LogP contribution in [0.15, 0.2) is 12.3 Å². The third kappa shape index (κ3) is 3.22. The molecule has 0 saturated carbocycles. The average molecular weight is 327 g/mol. The van der Waals surface area contributed by atoms with Gasteiger partial charge >= 0.3 is 6.18 Å². The summed E-state index contributed by atoms with van der Waals surface area (Å²) in [5, 5.41) is 6.65. The van der Waals surface area contributed by atoms with Gasteiger partial charge in [-0.25, -0.2) is 4.98 Å². The molecule has 0 radical (unpaired) electrons. The first-order valence-electron chi connectivity index (χ1n) is 7.28. The minimum atomic E-state index is -4.44. The molecule has 2 aromatic heterocycles. The number of rotatable bonds is 2. The van der Waals surface area contributed by atoms with Crippen LogP contribution in [0, 0.1) is 6.92 Å². The van der Waals surface area contributed by atoms with Gasteiger partial charge in [0.25, 0.3) is 5.91 Å². The number of aryl methyl sites for hydroxylation is 1. The fourth-order valence-corrected chi connectivity index (χ4v) is 2.76. The van der Waals surface area contributed by atoms with Crippen molar-refractivity contribution in [2.75, 3.05) is 13.1 Å². The first-order valence-corrected chi connectivity index (χ1v) is 7.28. The van der Waals surface area contributed by atoms with Gasteiger partial charge in [-0.3, -0.25) is 9.89 Å². The molecule has 1 atom stereocenters. The molecule has 3 rings (SSSR count). The second-order valence-corrected chi connectivity index (χ2v) is 5.71. The molecule has 1 fully saturated rings. The van der Waals surface area contributed by atoms with E-state index in [-0.39, 0.29) is 17.6 Å². The monoisotopic (exact) mass is 327 g/mol. The van der Waals surface area contributed by atoms with E-state index in [1.165, 1.54) is 0 Å². The Balaban J connectivity index is 1.73. The molecular weight excluding hydrogens is 311 g/mol. The Kier molecular flexibility index (Phi) is 3.87. The second-order valence-electron chi connectivity index (χ2n) is 5.71. The van der Waals surface area contributed by atoms with Gasteiger partial charge in [0.15, 0.2) is 0 Å². The number of hydrogen-bond donors (Lipinski definition) is 2. The van der Waals surface area contributed by atoms with E-state index in [0.29, 0.717) is 31.6 Å². The molecule has 0 bridgehead atoms. The van der Waals surface area contributed by atoms with Gasteiger partial charge in [0.1, 0.15) is 17.2 Å². The summed E-state index contributed by atoms with van der Waals surface area (Å²) in [6.07, 6.45) is -2.24. The van der Waals surface area contributed by atoms with Crippen molar-refractivity contribution in [3.8, 4) is 0 Å². The molecule has 2 N–H and O–H groups in total. The van der Waals surface area contributed by atoms with Gasteiger partial charge in [0.2, 0.25) is 0 Å². The lowest BCUT2D eigenvalue weighted by Gasteiger charge is -2.31. The van der Waals surface area contributed by atoms with Crippen LogP contribution in [-0.2, 0) is 6.18 Å². The van der Waals surface area contributed by atoms with E-state index in [1.807, 2.05) is 0 Å². The maximum Gasteiger partial charge on any atom is 0.432 e. The van der Waals surface area contributed by atoms with Crippen molar-refractivity contribution in [1.29, 1.82) is 0 Å². The molecule has 23 heavy (non-hydrogen) atoms. The number of aromatic amines is 2. The topological polar surface area (TPSA) is 77.7 Å². The summed E-state index contributed by atoms with van der Waals surface area (Å²) < 4.78 is 37.9. The van der Waals surface area contributed by atoms with Crippen LogP contribution in [0.3, 0.4) is 0 Å². The summed E-state index contributed by atoms with van der Waals surface area (Å²) in [5.41, 5.74) is 0.236. The number of likely N-dealkylation sites (tertiary alicyclic amines) is 1. The van der Waals surface area contributed by atoms with Crippen LogP contribution < -0.4 is 0 Å². The number of imidazole rings is 1. The van der Waals surface area contributed by atoms with E-state index in [0.717, 1.165) is 11.9 Å². The summed E-state index contributed by atoms with van der Waals surface area (Å²) in [7, 11) is 0. The molecule has 3 heterocycles. The molecule has 0 aromatic carbocycles. The Labute approximate surface area is 130 Å². The number of piperidine rings is 1. The normalized spacial score (nSPS) is 19.1. The molecule has 9 heteroatoms. The number of nitrogens with one attached hydrogen (secondary N) is 2. The van der Waals surface area contributed by atoms with Crippen molar-refractivity contribution in [2.24, 2.45) is 0 Å². The Morgan fingerprint density at radius 3 is 2.83 bits per heavy atom. The summed E-state index contributed by atoms with van der Waals surface area (Å²) in [6.45, 7) is 2.69. The number of carbonyl (C=O) groups excluding carboxylic acids is 1. The zero-order chi connectivity index (χ0) is 16.6. The molecule has 0 unspecified atom stereocenters. The van der Waals surface area contributed by atoms with Crippen LogP contribution in [0.5, 0.6) is 0 Å². The van der Waals surface area contributed by atoms with Gasteiger partial charge in [-0.1, -0.05) is 0 Å². The number of H-pyrrole nitrogens is 2. The van der Waals surface area contributed by atoms with E-state index in [4.69, 9.17) is 0 Å². The van der Waals surface area contributed by atoms with Crippen LogP contribution in [0.4, 0.5) is 13.2 Å². The van der Waals surface area contributed by atoms with Gasteiger partial charge in [0, 0.05) is 24.7 Å². The van der Waals surface area contributed by atoms with Crippen molar-refractivity contribution in [1.82, 2.24) is 25.1 Å². The maximum atomic E-state index is 12.6. The number of amides is 1. The van der Waals surface area contributed by atoms with Crippen molar-refractivity contribution in [3.05, 3.63) is 35.2 Å². The fraction of sp³-hybridized carbons (Fsp3) is 0.500. The lowest BCUT2D eigenvalue weighted by atomic mass is 9.97. The number of nitrogens with zero attached hydrogens (tertiary/aromatic N) is 3. The molecule has 1 aliphatic heterocycles. The van der Waals surface area contributed by atoms with E-state index in [2.05, 4.69) is 20.2 Å². The van der Waals surface area contributed by atoms with Crippen molar-refractivity contribution in [3.63, 3.8) is 0 Å². The van der Waals surface area contributed by atoms with E-state index in [1.54, 1.807) is 17.9 Å². The number of carbonyl (C=O) groups is 1. The first-order chi connectivity index (χ1) is 10.8. The van der Waals surface area contributed by atoms with Gasteiger partial charge in [-0.05, 0) is 25.8 Å². The molecule has 1 saturated heterocycles. The SMILES string of the molecule is Cc1cc(C(=O)N2CCC[C@H](c3ncc(C(F)(F)F)[nH]3)C2)n[nH]1. The van der Waals surface area contributed by atoms with E-state index in [9.17, 15) is 18.0 Å². The lowest BCUT2D eigenvalue weighted by molar-refractivity contribution is -0.141. The van der Waals surface area contributed by atoms with Crippen LogP contribution in [0.2, 0.25) is 0 Å². The Hall–Kier alpha value is -2.32. The first kappa shape index (κ1) is 15.6. The Morgan fingerprint density at radius 2 is 2.22 bits per heavy atom. The Morgan fingerprint density at radius 1 is 1.43 bits per heavy atom. The van der Waals surface area contributed by atoms with Gasteiger partial charge in [-0.2, -0.15) is 18.3 Å². The highest BCUT2D eigenvalue weighted by Crippen LogP contribution is 2.31. The molecular formula is C14H16F3N5O. The predicted molar refractivity (Wildman–Crippen MR) is 74.8 cm³/mol. The van der Waals surface area contributed by atoms with Crippen LogP contribution in [0.1, 0.15) is 46.5 Å². The molecule has 2 aromatic rings. The maximum absolute atomic E-state index is 12.6. The number of halogens is 3. The van der Waals surface area contributed by atoms with Crippen molar-refractivity contribution < 1.29 is 18.0 Å². The fourth-order valence-electron chi connectivity index (χ4n) is 2.76. The van der Waals surface area contributed by atoms with E-state index >= 15 is 0 Å². The summed E-state index contributed by atoms with van der Waals surface area (Å²) in [6, 6.07) is 1.65. The van der Waals surface area contributed by atoms with Crippen LogP contribution in [-0.4, -0.2) is 44.1 Å². The Bertz CT molecular complexity index is 705. The third-order valence-electron chi connectivity index (χ3n) is 3.92. The number of alkyl halides is 3. The minimum absolute atomic E-state index is 0.221. The largest absolute Gasteiger partial charge is 0.432 e. The smallest absolute Gasteiger partial charge is 0.338 e. The standard InChI is InChI=1S/C14H16F3N5O/c1-8-5-10(21-20-8)13(23)22-4-2-3-9(7-22)12-18-6-11(19-12)14(15,16)17/h5-6,9H,2-4,7H2,1H3,(H,18,19)(H,20,21)/t9-/m0/s1. The van der Waals surface area contributed by atoms with Gasteiger partial charge in [-0.15, -0.1) is 0 Å². The van der Waals surface area contributed by atoms with Crippen LogP contribution >= 0.6 is 0 Å². The quantitative estimate of drug-likeness (QED) is 0.889. The molecule has 124 valence electrons. The van der Waals surface area contributed by atoms with Gasteiger partial charge < -0.3 is 9.88 Å². The van der Waals surface area contributed by atoms with Crippen molar-refractivity contribution in [2.45, 2.75) is 31.9 Å². The van der Waals surface area contributed by atoms with Crippen LogP contribution in [0.25, 0.3) is 0 Å². The zero-order valence-electron chi connectivity index (χ0n) is 12.4. The third-order valence-corrected chi connectivity index (χ3v) is 3.92. The summed E-state index contributed by atoms with van der Waals surface area (Å²) >= 11 is 0. The van der Waals surface area contributed by atoms with Crippen molar-refractivity contribution >= 4 is 5.91 Å². The summed E-state index contributed by atoms with van der Waals surface area (Å²) in [5.74, 6) is -0.182. The minimum Gasteiger partial charge on any atom is -0.338 e. The highest BCUT2D eigenvalue weighted by molar-refractivity contribution is 5.92. The molecule has 0 spiro atoms.